The van der Waals surface area contributed by atoms with E-state index in [-0.39, 0.29) is 5.75 Å². The molecule has 0 radical (unpaired) electrons. The third kappa shape index (κ3) is 4.16. The molecule has 7 heteroatoms. The van der Waals surface area contributed by atoms with Gasteiger partial charge < -0.3 is 20.1 Å². The van der Waals surface area contributed by atoms with Crippen molar-refractivity contribution in [2.24, 2.45) is 0 Å². The summed E-state index contributed by atoms with van der Waals surface area (Å²) in [4.78, 5) is 7.48. The maximum atomic E-state index is 13.1. The maximum absolute atomic E-state index is 13.1. The number of methoxy groups -OCH3 is 1. The summed E-state index contributed by atoms with van der Waals surface area (Å²) in [5.41, 5.74) is 5.07. The summed E-state index contributed by atoms with van der Waals surface area (Å²) < 4.78 is 18.3. The lowest BCUT2D eigenvalue weighted by Crippen LogP contribution is -2.29. The minimum Gasteiger partial charge on any atom is -0.508 e. The number of hydrogen-bond donors (Lipinski definition) is 2. The number of nitrogens with zero attached hydrogens (tertiary/aromatic N) is 2. The van der Waals surface area contributed by atoms with Crippen LogP contribution in [0.15, 0.2) is 58.6 Å². The fourth-order valence-corrected chi connectivity index (χ4v) is 5.23. The van der Waals surface area contributed by atoms with Gasteiger partial charge in [0.15, 0.2) is 5.03 Å². The van der Waals surface area contributed by atoms with Crippen LogP contribution in [0, 0.1) is 13.8 Å². The number of aryl methyl sites for hydroxylation is 1. The number of nitrogens with one attached hydrogen (secondary N) is 1. The number of aromatic hydroxyl groups is 1. The first-order valence-corrected chi connectivity index (χ1v) is 11.5. The van der Waals surface area contributed by atoms with Crippen LogP contribution in [0.1, 0.15) is 23.1 Å². The summed E-state index contributed by atoms with van der Waals surface area (Å²) in [5.74, 6) is 0.981. The monoisotopic (exact) mass is 437 g/mol. The zero-order valence-corrected chi connectivity index (χ0v) is 18.8. The molecule has 2 aromatic carbocycles. The standard InChI is InChI=1S/C24H27N3O3S/c1-16-7-10-22-23(17(16)2)27(20-6-4-12-26-24(20)31(22)29)13-5-11-25-15-18-14-19(30-3)8-9-21(18)28/h4,6-10,12,14,25,28H,5,11,13,15H2,1-3H3. The zero-order valence-electron chi connectivity index (χ0n) is 18.0. The molecule has 0 amide bonds. The smallest absolute Gasteiger partial charge is 0.155 e. The number of benzene rings is 2. The molecule has 0 aliphatic carbocycles. The number of phenols is 1. The summed E-state index contributed by atoms with van der Waals surface area (Å²) in [5, 5.41) is 14.1. The van der Waals surface area contributed by atoms with Crippen molar-refractivity contribution in [3.63, 3.8) is 0 Å². The van der Waals surface area contributed by atoms with Gasteiger partial charge in [0.1, 0.15) is 22.3 Å². The Bertz CT molecular complexity index is 1130. The van der Waals surface area contributed by atoms with E-state index in [1.165, 1.54) is 5.56 Å². The number of phenolic OH excluding ortho intramolecular Hbond substituents is 1. The Morgan fingerprint density at radius 3 is 2.84 bits per heavy atom. The summed E-state index contributed by atoms with van der Waals surface area (Å²) >= 11 is 0. The first-order chi connectivity index (χ1) is 15.0. The molecule has 1 atom stereocenters. The van der Waals surface area contributed by atoms with E-state index in [0.29, 0.717) is 11.6 Å². The van der Waals surface area contributed by atoms with Crippen LogP contribution in [0.5, 0.6) is 11.5 Å². The van der Waals surface area contributed by atoms with Crippen LogP contribution in [0.2, 0.25) is 0 Å². The number of ether oxygens (including phenoxy) is 1. The van der Waals surface area contributed by atoms with Gasteiger partial charge in [0, 0.05) is 24.8 Å². The Kier molecular flexibility index (Phi) is 6.25. The van der Waals surface area contributed by atoms with Crippen LogP contribution in [0.4, 0.5) is 11.4 Å². The van der Waals surface area contributed by atoms with Gasteiger partial charge in [0.25, 0.3) is 0 Å². The van der Waals surface area contributed by atoms with Gasteiger partial charge in [0.05, 0.1) is 23.4 Å². The molecular formula is C24H27N3O3S. The summed E-state index contributed by atoms with van der Waals surface area (Å²) in [6, 6.07) is 13.1. The molecule has 0 spiro atoms. The van der Waals surface area contributed by atoms with Gasteiger partial charge in [-0.2, -0.15) is 0 Å². The van der Waals surface area contributed by atoms with E-state index in [1.54, 1.807) is 25.4 Å². The summed E-state index contributed by atoms with van der Waals surface area (Å²) in [6.45, 7) is 6.26. The molecule has 162 valence electrons. The average Bonchev–Trinajstić information content (AvgIpc) is 2.79. The van der Waals surface area contributed by atoms with Gasteiger partial charge in [0.2, 0.25) is 0 Å². The summed E-state index contributed by atoms with van der Waals surface area (Å²) in [7, 11) is 0.337. The van der Waals surface area contributed by atoms with Crippen molar-refractivity contribution in [2.45, 2.75) is 36.7 Å². The van der Waals surface area contributed by atoms with Gasteiger partial charge in [-0.05, 0) is 74.3 Å². The molecule has 0 fully saturated rings. The molecule has 31 heavy (non-hydrogen) atoms. The first kappa shape index (κ1) is 21.3. The predicted octanol–water partition coefficient (Wildman–Crippen LogP) is 4.21. The molecule has 2 heterocycles. The second kappa shape index (κ2) is 9.08. The molecule has 6 nitrogen and oxygen atoms in total. The summed E-state index contributed by atoms with van der Waals surface area (Å²) in [6.07, 6.45) is 2.57. The fourth-order valence-electron chi connectivity index (χ4n) is 3.86. The Hall–Kier alpha value is -2.90. The Morgan fingerprint density at radius 2 is 2.03 bits per heavy atom. The highest BCUT2D eigenvalue weighted by atomic mass is 32.2. The third-order valence-corrected chi connectivity index (χ3v) is 7.08. The SMILES string of the molecule is COc1ccc(O)c(CNCCCN2c3cccnc3S(=O)c3ccc(C)c(C)c32)c1. The van der Waals surface area contributed by atoms with Crippen molar-refractivity contribution in [3.8, 4) is 11.5 Å². The number of hydrogen-bond acceptors (Lipinski definition) is 6. The molecule has 1 aromatic heterocycles. The van der Waals surface area contributed by atoms with E-state index < -0.39 is 10.8 Å². The van der Waals surface area contributed by atoms with Crippen LogP contribution >= 0.6 is 0 Å². The first-order valence-electron chi connectivity index (χ1n) is 10.3. The largest absolute Gasteiger partial charge is 0.508 e. The third-order valence-electron chi connectivity index (χ3n) is 5.69. The van der Waals surface area contributed by atoms with Crippen molar-refractivity contribution in [1.82, 2.24) is 10.3 Å². The molecule has 3 aromatic rings. The molecule has 0 saturated carbocycles. The highest BCUT2D eigenvalue weighted by Crippen LogP contribution is 2.43. The Morgan fingerprint density at radius 1 is 1.19 bits per heavy atom. The van der Waals surface area contributed by atoms with Crippen LogP contribution in [-0.4, -0.2) is 34.5 Å². The molecule has 4 rings (SSSR count). The predicted molar refractivity (Wildman–Crippen MR) is 123 cm³/mol. The number of rotatable bonds is 7. The normalized spacial score (nSPS) is 14.8. The second-order valence-electron chi connectivity index (χ2n) is 7.63. The number of anilines is 2. The maximum Gasteiger partial charge on any atom is 0.155 e. The topological polar surface area (TPSA) is 74.7 Å². The van der Waals surface area contributed by atoms with Crippen molar-refractivity contribution in [1.29, 1.82) is 0 Å². The quantitative estimate of drug-likeness (QED) is 0.540. The van der Waals surface area contributed by atoms with Crippen LogP contribution in [0.25, 0.3) is 0 Å². The van der Waals surface area contributed by atoms with Crippen molar-refractivity contribution in [3.05, 3.63) is 65.4 Å². The highest BCUT2D eigenvalue weighted by molar-refractivity contribution is 7.85. The molecule has 2 N–H and O–H groups in total. The molecule has 1 unspecified atom stereocenters. The number of fused-ring (bicyclic) bond motifs is 2. The minimum absolute atomic E-state index is 0.256. The van der Waals surface area contributed by atoms with E-state index in [2.05, 4.69) is 29.0 Å². The molecule has 0 saturated heterocycles. The zero-order chi connectivity index (χ0) is 22.0. The van der Waals surface area contributed by atoms with Crippen LogP contribution in [0.3, 0.4) is 0 Å². The second-order valence-corrected chi connectivity index (χ2v) is 8.99. The Balaban J connectivity index is 1.49. The molecule has 1 aliphatic rings. The number of pyridine rings is 1. The lowest BCUT2D eigenvalue weighted by atomic mass is 10.1. The fraction of sp³-hybridized carbons (Fsp3) is 0.292. The van der Waals surface area contributed by atoms with Gasteiger partial charge in [-0.25, -0.2) is 9.19 Å². The van der Waals surface area contributed by atoms with Gasteiger partial charge in [-0.1, -0.05) is 6.07 Å². The van der Waals surface area contributed by atoms with Gasteiger partial charge >= 0.3 is 0 Å². The van der Waals surface area contributed by atoms with Gasteiger partial charge in [-0.15, -0.1) is 0 Å². The van der Waals surface area contributed by atoms with Crippen LogP contribution in [-0.2, 0) is 17.3 Å². The Labute approximate surface area is 185 Å². The highest BCUT2D eigenvalue weighted by Gasteiger charge is 2.30. The lowest BCUT2D eigenvalue weighted by Gasteiger charge is -2.34. The number of aromatic nitrogens is 1. The molecule has 0 bridgehead atoms. The van der Waals surface area contributed by atoms with Crippen LogP contribution < -0.4 is 15.0 Å². The minimum atomic E-state index is -1.28. The van der Waals surface area contributed by atoms with E-state index in [1.807, 2.05) is 30.3 Å². The van der Waals surface area contributed by atoms with Crippen molar-refractivity contribution in [2.75, 3.05) is 25.1 Å². The van der Waals surface area contributed by atoms with E-state index in [4.69, 9.17) is 4.74 Å². The van der Waals surface area contributed by atoms with E-state index in [0.717, 1.165) is 52.7 Å². The van der Waals surface area contributed by atoms with Crippen molar-refractivity contribution < 1.29 is 14.1 Å². The molecular weight excluding hydrogens is 410 g/mol. The van der Waals surface area contributed by atoms with E-state index >= 15 is 0 Å². The molecule has 1 aliphatic heterocycles. The van der Waals surface area contributed by atoms with E-state index in [9.17, 15) is 9.32 Å². The average molecular weight is 438 g/mol. The van der Waals surface area contributed by atoms with Gasteiger partial charge in [-0.3, -0.25) is 0 Å². The lowest BCUT2D eigenvalue weighted by molar-refractivity contribution is 0.410. The van der Waals surface area contributed by atoms with Crippen molar-refractivity contribution >= 4 is 22.2 Å².